The lowest BCUT2D eigenvalue weighted by Crippen LogP contribution is -2.44. The van der Waals surface area contributed by atoms with Gasteiger partial charge in [0.1, 0.15) is 0 Å². The molecule has 0 aliphatic carbocycles. The van der Waals surface area contributed by atoms with E-state index in [2.05, 4.69) is 64.4 Å². The van der Waals surface area contributed by atoms with Crippen molar-refractivity contribution in [1.29, 1.82) is 0 Å². The van der Waals surface area contributed by atoms with Crippen molar-refractivity contribution < 1.29 is 0 Å². The monoisotopic (exact) mass is 362 g/mol. The van der Waals surface area contributed by atoms with Crippen LogP contribution >= 0.6 is 0 Å². The number of anilines is 2. The average Bonchev–Trinajstić information content (AvgIpc) is 2.68. The molecule has 0 unspecified atom stereocenters. The van der Waals surface area contributed by atoms with Gasteiger partial charge in [-0.25, -0.2) is 0 Å². The number of H-pyrrole nitrogens is 1. The quantitative estimate of drug-likeness (QED) is 0.748. The summed E-state index contributed by atoms with van der Waals surface area (Å²) in [6, 6.07) is 16.5. The van der Waals surface area contributed by atoms with Gasteiger partial charge in [0.2, 0.25) is 0 Å². The molecule has 0 radical (unpaired) electrons. The van der Waals surface area contributed by atoms with Crippen molar-refractivity contribution in [2.24, 2.45) is 0 Å². The van der Waals surface area contributed by atoms with Gasteiger partial charge in [0.25, 0.3) is 5.56 Å². The molecule has 2 heterocycles. The van der Waals surface area contributed by atoms with E-state index in [1.54, 1.807) is 0 Å². The van der Waals surface area contributed by atoms with Gasteiger partial charge in [-0.3, -0.25) is 4.79 Å². The maximum atomic E-state index is 12.3. The second kappa shape index (κ2) is 7.45. The number of hydrogen-bond donors (Lipinski definition) is 2. The highest BCUT2D eigenvalue weighted by Crippen LogP contribution is 2.20. The Kier molecular flexibility index (Phi) is 4.86. The number of benzene rings is 2. The van der Waals surface area contributed by atoms with Crippen LogP contribution in [0.4, 0.5) is 11.4 Å². The summed E-state index contributed by atoms with van der Waals surface area (Å²) in [6.07, 6.45) is 0. The van der Waals surface area contributed by atoms with E-state index in [1.165, 1.54) is 11.3 Å². The molecule has 0 amide bonds. The standard InChI is InChI=1S/C22H26N4O/c1-16-3-8-21-17(13-16)14-18(22(27)24-21)15-23-19-4-6-20(7-5-19)26-11-9-25(2)10-12-26/h3-8,13-14,23H,9-12,15H2,1-2H3,(H,24,27). The van der Waals surface area contributed by atoms with E-state index < -0.39 is 0 Å². The molecule has 2 aromatic carbocycles. The summed E-state index contributed by atoms with van der Waals surface area (Å²) in [5.74, 6) is 0. The maximum absolute atomic E-state index is 12.3. The Bertz CT molecular complexity index is 985. The molecule has 1 aliphatic rings. The van der Waals surface area contributed by atoms with Crippen LogP contribution in [0, 0.1) is 6.92 Å². The third-order valence-corrected chi connectivity index (χ3v) is 5.30. The van der Waals surface area contributed by atoms with E-state index in [0.717, 1.165) is 48.3 Å². The third-order valence-electron chi connectivity index (χ3n) is 5.30. The normalized spacial score (nSPS) is 15.3. The number of aryl methyl sites for hydroxylation is 1. The highest BCUT2D eigenvalue weighted by atomic mass is 16.1. The van der Waals surface area contributed by atoms with Crippen LogP contribution in [0.5, 0.6) is 0 Å². The predicted molar refractivity (Wildman–Crippen MR) is 113 cm³/mol. The number of likely N-dealkylation sites (N-methyl/N-ethyl adjacent to an activating group) is 1. The Morgan fingerprint density at radius 2 is 1.74 bits per heavy atom. The minimum absolute atomic E-state index is 0.0343. The molecule has 1 aliphatic heterocycles. The largest absolute Gasteiger partial charge is 0.381 e. The highest BCUT2D eigenvalue weighted by Gasteiger charge is 2.14. The summed E-state index contributed by atoms with van der Waals surface area (Å²) < 4.78 is 0. The zero-order chi connectivity index (χ0) is 18.8. The first-order valence-corrected chi connectivity index (χ1v) is 9.48. The Morgan fingerprint density at radius 3 is 2.48 bits per heavy atom. The first kappa shape index (κ1) is 17.6. The molecule has 4 rings (SSSR count). The van der Waals surface area contributed by atoms with Crippen molar-refractivity contribution in [3.05, 3.63) is 70.0 Å². The zero-order valence-electron chi connectivity index (χ0n) is 16.0. The molecule has 1 saturated heterocycles. The summed E-state index contributed by atoms with van der Waals surface area (Å²) in [4.78, 5) is 20.1. The van der Waals surface area contributed by atoms with Crippen LogP contribution in [-0.4, -0.2) is 43.1 Å². The van der Waals surface area contributed by atoms with Gasteiger partial charge in [-0.05, 0) is 61.8 Å². The molecule has 0 saturated carbocycles. The summed E-state index contributed by atoms with van der Waals surface area (Å²) in [6.45, 7) is 6.90. The van der Waals surface area contributed by atoms with Crippen LogP contribution in [0.2, 0.25) is 0 Å². The van der Waals surface area contributed by atoms with Crippen LogP contribution in [0.25, 0.3) is 10.9 Å². The van der Waals surface area contributed by atoms with Gasteiger partial charge in [-0.15, -0.1) is 0 Å². The number of aromatic amines is 1. The number of nitrogens with zero attached hydrogens (tertiary/aromatic N) is 2. The molecule has 1 fully saturated rings. The number of pyridine rings is 1. The number of nitrogens with one attached hydrogen (secondary N) is 2. The summed E-state index contributed by atoms with van der Waals surface area (Å²) in [5.41, 5.74) is 5.06. The predicted octanol–water partition coefficient (Wildman–Crippen LogP) is 3.20. The zero-order valence-corrected chi connectivity index (χ0v) is 16.0. The van der Waals surface area contributed by atoms with Crippen LogP contribution < -0.4 is 15.8 Å². The Hall–Kier alpha value is -2.79. The molecule has 27 heavy (non-hydrogen) atoms. The Labute approximate surface area is 159 Å². The van der Waals surface area contributed by atoms with Gasteiger partial charge >= 0.3 is 0 Å². The van der Waals surface area contributed by atoms with Gasteiger partial charge in [0.05, 0.1) is 0 Å². The first-order chi connectivity index (χ1) is 13.1. The maximum Gasteiger partial charge on any atom is 0.253 e. The second-order valence-corrected chi connectivity index (χ2v) is 7.41. The van der Waals surface area contributed by atoms with Gasteiger partial charge in [-0.2, -0.15) is 0 Å². The van der Waals surface area contributed by atoms with Crippen molar-refractivity contribution in [3.8, 4) is 0 Å². The molecule has 2 N–H and O–H groups in total. The van der Waals surface area contributed by atoms with E-state index in [-0.39, 0.29) is 5.56 Å². The van der Waals surface area contributed by atoms with E-state index >= 15 is 0 Å². The van der Waals surface area contributed by atoms with Gasteiger partial charge in [0, 0.05) is 55.2 Å². The van der Waals surface area contributed by atoms with Crippen molar-refractivity contribution >= 4 is 22.3 Å². The summed E-state index contributed by atoms with van der Waals surface area (Å²) in [7, 11) is 2.17. The fraction of sp³-hybridized carbons (Fsp3) is 0.318. The number of hydrogen-bond acceptors (Lipinski definition) is 4. The molecule has 5 heteroatoms. The molecule has 0 spiro atoms. The lowest BCUT2D eigenvalue weighted by Gasteiger charge is -2.34. The van der Waals surface area contributed by atoms with Crippen LogP contribution in [0.3, 0.4) is 0 Å². The molecular weight excluding hydrogens is 336 g/mol. The molecule has 5 nitrogen and oxygen atoms in total. The molecule has 3 aromatic rings. The number of aromatic nitrogens is 1. The van der Waals surface area contributed by atoms with Crippen LogP contribution in [0.15, 0.2) is 53.3 Å². The van der Waals surface area contributed by atoms with Crippen molar-refractivity contribution in [2.45, 2.75) is 13.5 Å². The third kappa shape index (κ3) is 3.98. The van der Waals surface area contributed by atoms with Crippen molar-refractivity contribution in [2.75, 3.05) is 43.4 Å². The van der Waals surface area contributed by atoms with Gasteiger partial charge in [0.15, 0.2) is 0 Å². The molecule has 1 aromatic heterocycles. The number of piperazine rings is 1. The van der Waals surface area contributed by atoms with Crippen LogP contribution in [-0.2, 0) is 6.54 Å². The lowest BCUT2D eigenvalue weighted by atomic mass is 10.1. The first-order valence-electron chi connectivity index (χ1n) is 9.48. The minimum atomic E-state index is -0.0343. The summed E-state index contributed by atoms with van der Waals surface area (Å²) >= 11 is 0. The van der Waals surface area contributed by atoms with E-state index in [4.69, 9.17) is 0 Å². The highest BCUT2D eigenvalue weighted by molar-refractivity contribution is 5.79. The summed E-state index contributed by atoms with van der Waals surface area (Å²) in [5, 5.41) is 4.44. The molecule has 140 valence electrons. The Balaban J connectivity index is 1.45. The van der Waals surface area contributed by atoms with Crippen LogP contribution in [0.1, 0.15) is 11.1 Å². The van der Waals surface area contributed by atoms with E-state index in [9.17, 15) is 4.79 Å². The Morgan fingerprint density at radius 1 is 1.00 bits per heavy atom. The number of fused-ring (bicyclic) bond motifs is 1. The molecule has 0 atom stereocenters. The van der Waals surface area contributed by atoms with E-state index in [1.807, 2.05) is 18.2 Å². The molecule has 0 bridgehead atoms. The van der Waals surface area contributed by atoms with Gasteiger partial charge in [-0.1, -0.05) is 11.6 Å². The SMILES string of the molecule is Cc1ccc2[nH]c(=O)c(CNc3ccc(N4CCN(C)CC4)cc3)cc2c1. The number of rotatable bonds is 4. The van der Waals surface area contributed by atoms with Crippen molar-refractivity contribution in [1.82, 2.24) is 9.88 Å². The van der Waals surface area contributed by atoms with E-state index in [0.29, 0.717) is 6.54 Å². The average molecular weight is 362 g/mol. The molecular formula is C22H26N4O. The fourth-order valence-electron chi connectivity index (χ4n) is 3.55. The minimum Gasteiger partial charge on any atom is -0.381 e. The lowest BCUT2D eigenvalue weighted by molar-refractivity contribution is 0.313. The fourth-order valence-corrected chi connectivity index (χ4v) is 3.55. The smallest absolute Gasteiger partial charge is 0.253 e. The van der Waals surface area contributed by atoms with Crippen molar-refractivity contribution in [3.63, 3.8) is 0 Å². The van der Waals surface area contributed by atoms with Gasteiger partial charge < -0.3 is 20.1 Å². The second-order valence-electron chi connectivity index (χ2n) is 7.41. The topological polar surface area (TPSA) is 51.4 Å².